The molecule has 1 fully saturated rings. The molecule has 2 atom stereocenters. The Morgan fingerprint density at radius 2 is 2.24 bits per heavy atom. The summed E-state index contributed by atoms with van der Waals surface area (Å²) < 4.78 is 1.78. The second kappa shape index (κ2) is 4.98. The van der Waals surface area contributed by atoms with E-state index in [0.717, 1.165) is 35.0 Å². The molecule has 0 unspecified atom stereocenters. The smallest absolute Gasteiger partial charge is 0.308 e. The topological polar surface area (TPSA) is 79.5 Å². The highest BCUT2D eigenvalue weighted by atomic mass is 32.1. The summed E-state index contributed by atoms with van der Waals surface area (Å²) in [5.74, 6) is -1.03. The number of carboxylic acid groups (broad SMARTS) is 1. The second-order valence-electron chi connectivity index (χ2n) is 6.64. The van der Waals surface area contributed by atoms with Crippen molar-refractivity contribution in [2.45, 2.75) is 51.5 Å². The molecule has 2 N–H and O–H groups in total. The predicted molar refractivity (Wildman–Crippen MR) is 82.0 cm³/mol. The Kier molecular flexibility index (Phi) is 3.39. The van der Waals surface area contributed by atoms with Crippen molar-refractivity contribution in [3.63, 3.8) is 0 Å². The van der Waals surface area contributed by atoms with Crippen molar-refractivity contribution < 1.29 is 9.90 Å². The van der Waals surface area contributed by atoms with E-state index in [2.05, 4.69) is 36.2 Å². The number of imidazole rings is 1. The Morgan fingerprint density at radius 3 is 2.86 bits per heavy atom. The minimum atomic E-state index is -0.721. The van der Waals surface area contributed by atoms with Crippen LogP contribution in [0.3, 0.4) is 0 Å². The SMILES string of the molecule is CC(C)(C)c1cn2nc(N[C@@H]3CCC[C@@H]3C(=O)O)sc2n1. The van der Waals surface area contributed by atoms with Crippen LogP contribution in [0.1, 0.15) is 45.7 Å². The molecule has 0 spiro atoms. The van der Waals surface area contributed by atoms with Gasteiger partial charge in [0.2, 0.25) is 10.1 Å². The lowest BCUT2D eigenvalue weighted by Crippen LogP contribution is -2.29. The third kappa shape index (κ3) is 2.74. The van der Waals surface area contributed by atoms with E-state index in [1.54, 1.807) is 4.52 Å². The number of nitrogens with one attached hydrogen (secondary N) is 1. The quantitative estimate of drug-likeness (QED) is 0.911. The van der Waals surface area contributed by atoms with E-state index < -0.39 is 5.97 Å². The summed E-state index contributed by atoms with van der Waals surface area (Å²) in [5, 5.41) is 17.7. The number of hydrogen-bond donors (Lipinski definition) is 2. The molecule has 21 heavy (non-hydrogen) atoms. The van der Waals surface area contributed by atoms with Crippen LogP contribution >= 0.6 is 11.3 Å². The van der Waals surface area contributed by atoms with Crippen molar-refractivity contribution in [1.29, 1.82) is 0 Å². The average Bonchev–Trinajstić information content (AvgIpc) is 3.00. The first-order chi connectivity index (χ1) is 9.84. The van der Waals surface area contributed by atoms with Crippen LogP contribution < -0.4 is 5.32 Å². The molecule has 2 heterocycles. The van der Waals surface area contributed by atoms with Gasteiger partial charge in [0, 0.05) is 11.5 Å². The highest BCUT2D eigenvalue weighted by Crippen LogP contribution is 2.31. The summed E-state index contributed by atoms with van der Waals surface area (Å²) in [4.78, 5) is 16.6. The lowest BCUT2D eigenvalue weighted by Gasteiger charge is -2.16. The van der Waals surface area contributed by atoms with E-state index in [9.17, 15) is 9.90 Å². The summed E-state index contributed by atoms with van der Waals surface area (Å²) >= 11 is 1.47. The maximum Gasteiger partial charge on any atom is 0.308 e. The zero-order chi connectivity index (χ0) is 15.2. The first-order valence-electron chi connectivity index (χ1n) is 7.20. The van der Waals surface area contributed by atoms with E-state index >= 15 is 0 Å². The van der Waals surface area contributed by atoms with E-state index in [1.165, 1.54) is 11.3 Å². The van der Waals surface area contributed by atoms with Crippen LogP contribution in [0.4, 0.5) is 5.13 Å². The molecule has 0 amide bonds. The Morgan fingerprint density at radius 1 is 1.48 bits per heavy atom. The van der Waals surface area contributed by atoms with Gasteiger partial charge in [-0.15, -0.1) is 5.10 Å². The summed E-state index contributed by atoms with van der Waals surface area (Å²) in [6.07, 6.45) is 4.52. The number of rotatable bonds is 3. The molecule has 1 aliphatic carbocycles. The van der Waals surface area contributed by atoms with Crippen LogP contribution in [-0.2, 0) is 10.2 Å². The lowest BCUT2D eigenvalue weighted by atomic mass is 9.93. The standard InChI is InChI=1S/C14H20N4O2S/c1-14(2,3)10-7-18-13(16-10)21-12(17-18)15-9-6-4-5-8(9)11(19)20/h7-9H,4-6H2,1-3H3,(H,15,17)(H,19,20)/t8-,9+/m0/s1. The molecule has 3 rings (SSSR count). The van der Waals surface area contributed by atoms with Gasteiger partial charge in [-0.3, -0.25) is 4.79 Å². The largest absolute Gasteiger partial charge is 0.481 e. The fourth-order valence-electron chi connectivity index (χ4n) is 2.71. The third-order valence-corrected chi connectivity index (χ3v) is 4.81. The van der Waals surface area contributed by atoms with Crippen LogP contribution in [-0.4, -0.2) is 31.7 Å². The number of hydrogen-bond acceptors (Lipinski definition) is 5. The first kappa shape index (κ1) is 14.3. The Balaban J connectivity index is 1.79. The highest BCUT2D eigenvalue weighted by Gasteiger charge is 2.33. The number of aromatic nitrogens is 3. The van der Waals surface area contributed by atoms with Gasteiger partial charge in [0.05, 0.1) is 17.8 Å². The maximum atomic E-state index is 11.2. The molecule has 0 aliphatic heterocycles. The molecule has 0 radical (unpaired) electrons. The van der Waals surface area contributed by atoms with Crippen molar-refractivity contribution in [1.82, 2.24) is 14.6 Å². The Bertz CT molecular complexity index is 639. The summed E-state index contributed by atoms with van der Waals surface area (Å²) in [7, 11) is 0. The van der Waals surface area contributed by atoms with Crippen molar-refractivity contribution in [2.75, 3.05) is 5.32 Å². The summed E-state index contributed by atoms with van der Waals surface area (Å²) in [6.45, 7) is 6.36. The second-order valence-corrected chi connectivity index (χ2v) is 7.59. The van der Waals surface area contributed by atoms with Crippen molar-refractivity contribution >= 4 is 27.4 Å². The fourth-order valence-corrected chi connectivity index (χ4v) is 3.55. The molecule has 0 bridgehead atoms. The molecule has 114 valence electrons. The maximum absolute atomic E-state index is 11.2. The number of aliphatic carboxylic acids is 1. The van der Waals surface area contributed by atoms with E-state index in [4.69, 9.17) is 0 Å². The molecule has 2 aromatic heterocycles. The zero-order valence-electron chi connectivity index (χ0n) is 12.5. The summed E-state index contributed by atoms with van der Waals surface area (Å²) in [5.41, 5.74) is 1.01. The average molecular weight is 308 g/mol. The van der Waals surface area contributed by atoms with Crippen LogP contribution in [0, 0.1) is 5.92 Å². The van der Waals surface area contributed by atoms with Crippen LogP contribution in [0.5, 0.6) is 0 Å². The van der Waals surface area contributed by atoms with Crippen molar-refractivity contribution in [3.8, 4) is 0 Å². The van der Waals surface area contributed by atoms with Gasteiger partial charge in [0.25, 0.3) is 0 Å². The van der Waals surface area contributed by atoms with Gasteiger partial charge in [-0.25, -0.2) is 9.50 Å². The van der Waals surface area contributed by atoms with E-state index in [-0.39, 0.29) is 17.4 Å². The summed E-state index contributed by atoms with van der Waals surface area (Å²) in [6, 6.07) is -0.0274. The Labute approximate surface area is 127 Å². The van der Waals surface area contributed by atoms with Crippen LogP contribution in [0.25, 0.3) is 4.96 Å². The molecule has 1 aliphatic rings. The number of carboxylic acids is 1. The minimum Gasteiger partial charge on any atom is -0.481 e. The number of anilines is 1. The van der Waals surface area contributed by atoms with Crippen molar-refractivity contribution in [3.05, 3.63) is 11.9 Å². The molecular formula is C14H20N4O2S. The highest BCUT2D eigenvalue weighted by molar-refractivity contribution is 7.20. The number of fused-ring (bicyclic) bond motifs is 1. The number of carbonyl (C=O) groups is 1. The normalized spacial score (nSPS) is 22.8. The van der Waals surface area contributed by atoms with Gasteiger partial charge in [0.15, 0.2) is 0 Å². The van der Waals surface area contributed by atoms with Crippen LogP contribution in [0.15, 0.2) is 6.20 Å². The lowest BCUT2D eigenvalue weighted by molar-refractivity contribution is -0.141. The zero-order valence-corrected chi connectivity index (χ0v) is 13.3. The number of nitrogens with zero attached hydrogens (tertiary/aromatic N) is 3. The van der Waals surface area contributed by atoms with Gasteiger partial charge >= 0.3 is 5.97 Å². The molecule has 1 saturated carbocycles. The van der Waals surface area contributed by atoms with E-state index in [1.807, 2.05) is 6.20 Å². The van der Waals surface area contributed by atoms with Crippen molar-refractivity contribution in [2.24, 2.45) is 5.92 Å². The van der Waals surface area contributed by atoms with Gasteiger partial charge in [-0.2, -0.15) is 0 Å². The Hall–Kier alpha value is -1.63. The molecule has 2 aromatic rings. The first-order valence-corrected chi connectivity index (χ1v) is 8.02. The van der Waals surface area contributed by atoms with E-state index in [0.29, 0.717) is 0 Å². The van der Waals surface area contributed by atoms with Gasteiger partial charge < -0.3 is 10.4 Å². The molecule has 7 heteroatoms. The van der Waals surface area contributed by atoms with Gasteiger partial charge in [-0.05, 0) is 12.8 Å². The molecule has 0 aromatic carbocycles. The molecule has 6 nitrogen and oxygen atoms in total. The molecule has 0 saturated heterocycles. The van der Waals surface area contributed by atoms with Gasteiger partial charge in [-0.1, -0.05) is 38.5 Å². The predicted octanol–water partition coefficient (Wildman–Crippen LogP) is 2.75. The third-order valence-electron chi connectivity index (χ3n) is 3.95. The monoisotopic (exact) mass is 308 g/mol. The van der Waals surface area contributed by atoms with Crippen LogP contribution in [0.2, 0.25) is 0 Å². The minimum absolute atomic E-state index is 0.000860. The fraction of sp³-hybridized carbons (Fsp3) is 0.643. The molecular weight excluding hydrogens is 288 g/mol. The van der Waals surface area contributed by atoms with Gasteiger partial charge in [0.1, 0.15) is 0 Å².